The van der Waals surface area contributed by atoms with Crippen LogP contribution in [0.4, 0.5) is 0 Å². The van der Waals surface area contributed by atoms with E-state index in [1.807, 2.05) is 0 Å². The van der Waals surface area contributed by atoms with E-state index < -0.39 is 0 Å². The van der Waals surface area contributed by atoms with Gasteiger partial charge < -0.3 is 10.1 Å². The molecule has 14 heavy (non-hydrogen) atoms. The lowest BCUT2D eigenvalue weighted by Crippen LogP contribution is -2.17. The zero-order valence-electron chi connectivity index (χ0n) is 9.05. The highest BCUT2D eigenvalue weighted by molar-refractivity contribution is 5.81. The van der Waals surface area contributed by atoms with Crippen LogP contribution in [0.25, 0.3) is 0 Å². The summed E-state index contributed by atoms with van der Waals surface area (Å²) in [5, 5.41) is 3.33. The van der Waals surface area contributed by atoms with Crippen molar-refractivity contribution in [1.82, 2.24) is 5.32 Å². The van der Waals surface area contributed by atoms with E-state index in [0.717, 1.165) is 25.9 Å². The number of carbonyl (C=O) groups is 1. The highest BCUT2D eigenvalue weighted by Gasteiger charge is 1.94. The van der Waals surface area contributed by atoms with Crippen LogP contribution in [-0.4, -0.2) is 25.7 Å². The molecule has 0 aliphatic rings. The topological polar surface area (TPSA) is 38.3 Å². The highest BCUT2D eigenvalue weighted by atomic mass is 16.5. The van der Waals surface area contributed by atoms with Crippen LogP contribution in [0.1, 0.15) is 32.6 Å². The summed E-state index contributed by atoms with van der Waals surface area (Å²) in [5.41, 5.74) is 0. The normalized spacial score (nSPS) is 9.79. The third-order valence-electron chi connectivity index (χ3n) is 1.87. The Bertz CT molecular complexity index is 157. The molecule has 0 aromatic heterocycles. The van der Waals surface area contributed by atoms with Gasteiger partial charge in [0, 0.05) is 6.08 Å². The van der Waals surface area contributed by atoms with Crippen molar-refractivity contribution < 1.29 is 9.53 Å². The predicted molar refractivity (Wildman–Crippen MR) is 58.2 cm³/mol. The molecule has 0 aromatic rings. The fourth-order valence-electron chi connectivity index (χ4n) is 1.01. The van der Waals surface area contributed by atoms with E-state index in [4.69, 9.17) is 4.74 Å². The highest BCUT2D eigenvalue weighted by Crippen LogP contribution is 1.90. The van der Waals surface area contributed by atoms with Gasteiger partial charge in [0.25, 0.3) is 0 Å². The minimum atomic E-state index is -0.330. The number of unbranched alkanes of at least 4 members (excludes halogenated alkanes) is 2. The van der Waals surface area contributed by atoms with Crippen molar-refractivity contribution in [2.24, 2.45) is 0 Å². The standard InChI is InChI=1S/C11H21NO2/c1-3-5-8-12-9-6-7-10-14-11(13)4-2/h4,12H,2-3,5-10H2,1H3. The largest absolute Gasteiger partial charge is 0.463 e. The summed E-state index contributed by atoms with van der Waals surface area (Å²) in [5.74, 6) is -0.330. The molecule has 0 saturated heterocycles. The second-order valence-corrected chi connectivity index (χ2v) is 3.18. The van der Waals surface area contributed by atoms with Crippen LogP contribution in [0.2, 0.25) is 0 Å². The number of ether oxygens (including phenoxy) is 1. The Labute approximate surface area is 86.5 Å². The van der Waals surface area contributed by atoms with E-state index in [-0.39, 0.29) is 5.97 Å². The fourth-order valence-corrected chi connectivity index (χ4v) is 1.01. The van der Waals surface area contributed by atoms with Crippen LogP contribution >= 0.6 is 0 Å². The minimum Gasteiger partial charge on any atom is -0.463 e. The molecule has 0 aliphatic heterocycles. The molecule has 0 heterocycles. The van der Waals surface area contributed by atoms with Crippen LogP contribution in [0.15, 0.2) is 12.7 Å². The number of hydrogen-bond acceptors (Lipinski definition) is 3. The molecule has 0 saturated carbocycles. The Morgan fingerprint density at radius 1 is 1.36 bits per heavy atom. The zero-order valence-corrected chi connectivity index (χ0v) is 9.05. The number of carbonyl (C=O) groups excluding carboxylic acids is 1. The predicted octanol–water partition coefficient (Wildman–Crippen LogP) is 1.89. The molecule has 0 aliphatic carbocycles. The molecule has 0 unspecified atom stereocenters. The molecule has 3 nitrogen and oxygen atoms in total. The van der Waals surface area contributed by atoms with Gasteiger partial charge in [-0.05, 0) is 32.4 Å². The van der Waals surface area contributed by atoms with Crippen LogP contribution in [-0.2, 0) is 9.53 Å². The van der Waals surface area contributed by atoms with Crippen molar-refractivity contribution in [2.45, 2.75) is 32.6 Å². The van der Waals surface area contributed by atoms with E-state index >= 15 is 0 Å². The second kappa shape index (κ2) is 10.3. The Morgan fingerprint density at radius 2 is 2.07 bits per heavy atom. The van der Waals surface area contributed by atoms with E-state index in [1.165, 1.54) is 18.9 Å². The molecular formula is C11H21NO2. The van der Waals surface area contributed by atoms with Gasteiger partial charge in [-0.25, -0.2) is 4.79 Å². The van der Waals surface area contributed by atoms with E-state index in [1.54, 1.807) is 0 Å². The maximum absolute atomic E-state index is 10.6. The summed E-state index contributed by atoms with van der Waals surface area (Å²) in [6.07, 6.45) is 5.61. The van der Waals surface area contributed by atoms with Gasteiger partial charge in [-0.2, -0.15) is 0 Å². The fraction of sp³-hybridized carbons (Fsp3) is 0.727. The van der Waals surface area contributed by atoms with Crippen molar-refractivity contribution >= 4 is 5.97 Å². The summed E-state index contributed by atoms with van der Waals surface area (Å²) < 4.78 is 4.83. The van der Waals surface area contributed by atoms with Crippen molar-refractivity contribution in [2.75, 3.05) is 19.7 Å². The van der Waals surface area contributed by atoms with Crippen LogP contribution in [0, 0.1) is 0 Å². The quantitative estimate of drug-likeness (QED) is 0.350. The Balaban J connectivity index is 2.99. The van der Waals surface area contributed by atoms with Crippen LogP contribution < -0.4 is 5.32 Å². The molecule has 0 radical (unpaired) electrons. The summed E-state index contributed by atoms with van der Waals surface area (Å²) in [6.45, 7) is 8.09. The van der Waals surface area contributed by atoms with Gasteiger partial charge in [0.05, 0.1) is 6.61 Å². The Kier molecular flexibility index (Phi) is 9.64. The van der Waals surface area contributed by atoms with Gasteiger partial charge >= 0.3 is 5.97 Å². The third kappa shape index (κ3) is 9.26. The molecule has 0 bridgehead atoms. The van der Waals surface area contributed by atoms with Crippen molar-refractivity contribution in [3.63, 3.8) is 0 Å². The monoisotopic (exact) mass is 199 g/mol. The van der Waals surface area contributed by atoms with Gasteiger partial charge in [-0.3, -0.25) is 0 Å². The zero-order chi connectivity index (χ0) is 10.6. The first-order chi connectivity index (χ1) is 6.81. The molecule has 0 amide bonds. The van der Waals surface area contributed by atoms with Crippen LogP contribution in [0.5, 0.6) is 0 Å². The van der Waals surface area contributed by atoms with Crippen molar-refractivity contribution in [3.05, 3.63) is 12.7 Å². The number of rotatable bonds is 9. The molecule has 0 fully saturated rings. The first kappa shape index (κ1) is 13.2. The molecule has 1 N–H and O–H groups in total. The molecule has 0 spiro atoms. The van der Waals surface area contributed by atoms with Gasteiger partial charge in [0.2, 0.25) is 0 Å². The number of nitrogens with one attached hydrogen (secondary N) is 1. The van der Waals surface area contributed by atoms with Gasteiger partial charge in [-0.15, -0.1) is 0 Å². The van der Waals surface area contributed by atoms with Crippen LogP contribution in [0.3, 0.4) is 0 Å². The average molecular weight is 199 g/mol. The van der Waals surface area contributed by atoms with E-state index in [9.17, 15) is 4.79 Å². The Morgan fingerprint density at radius 3 is 2.71 bits per heavy atom. The molecule has 0 aromatic carbocycles. The lowest BCUT2D eigenvalue weighted by molar-refractivity contribution is -0.137. The molecule has 0 rings (SSSR count). The maximum Gasteiger partial charge on any atom is 0.330 e. The SMILES string of the molecule is C=CC(=O)OCCCCNCCCC. The van der Waals surface area contributed by atoms with Gasteiger partial charge in [0.1, 0.15) is 0 Å². The summed E-state index contributed by atoms with van der Waals surface area (Å²) in [7, 11) is 0. The van der Waals surface area contributed by atoms with E-state index in [0.29, 0.717) is 6.61 Å². The lowest BCUT2D eigenvalue weighted by atomic mass is 10.3. The van der Waals surface area contributed by atoms with Crippen molar-refractivity contribution in [1.29, 1.82) is 0 Å². The first-order valence-corrected chi connectivity index (χ1v) is 5.31. The van der Waals surface area contributed by atoms with Crippen molar-refractivity contribution in [3.8, 4) is 0 Å². The minimum absolute atomic E-state index is 0.330. The molecule has 82 valence electrons. The number of esters is 1. The average Bonchev–Trinajstić information content (AvgIpc) is 2.21. The van der Waals surface area contributed by atoms with Gasteiger partial charge in [0.15, 0.2) is 0 Å². The molecule has 3 heteroatoms. The first-order valence-electron chi connectivity index (χ1n) is 5.31. The lowest BCUT2D eigenvalue weighted by Gasteiger charge is -2.03. The summed E-state index contributed by atoms with van der Waals surface area (Å²) in [6, 6.07) is 0. The smallest absolute Gasteiger partial charge is 0.330 e. The maximum atomic E-state index is 10.6. The summed E-state index contributed by atoms with van der Waals surface area (Å²) >= 11 is 0. The second-order valence-electron chi connectivity index (χ2n) is 3.18. The third-order valence-corrected chi connectivity index (χ3v) is 1.87. The Hall–Kier alpha value is -0.830. The van der Waals surface area contributed by atoms with Gasteiger partial charge in [-0.1, -0.05) is 19.9 Å². The molecular weight excluding hydrogens is 178 g/mol. The van der Waals surface area contributed by atoms with E-state index in [2.05, 4.69) is 18.8 Å². The summed E-state index contributed by atoms with van der Waals surface area (Å²) in [4.78, 5) is 10.6. The number of hydrogen-bond donors (Lipinski definition) is 1. The molecule has 0 atom stereocenters.